The lowest BCUT2D eigenvalue weighted by Gasteiger charge is -2.39. The highest BCUT2D eigenvalue weighted by atomic mass is 32.2. The monoisotopic (exact) mass is 409 g/mol. The van der Waals surface area contributed by atoms with E-state index in [0.29, 0.717) is 17.8 Å². The molecule has 1 aliphatic heterocycles. The third-order valence-corrected chi connectivity index (χ3v) is 6.87. The summed E-state index contributed by atoms with van der Waals surface area (Å²) in [5.74, 6) is 0.568. The van der Waals surface area contributed by atoms with Crippen LogP contribution in [-0.4, -0.2) is 48.4 Å². The van der Waals surface area contributed by atoms with E-state index in [-0.39, 0.29) is 5.91 Å². The van der Waals surface area contributed by atoms with Gasteiger partial charge >= 0.3 is 0 Å². The Morgan fingerprint density at radius 2 is 1.90 bits per heavy atom. The number of aryl methyl sites for hydroxylation is 2. The van der Waals surface area contributed by atoms with Crippen LogP contribution in [0, 0.1) is 13.8 Å². The van der Waals surface area contributed by atoms with Crippen LogP contribution in [0.25, 0.3) is 16.7 Å². The number of rotatable bonds is 4. The number of likely N-dealkylation sites (tertiary alicyclic amines) is 1. The van der Waals surface area contributed by atoms with Crippen LogP contribution in [0.4, 0.5) is 0 Å². The maximum Gasteiger partial charge on any atom is 0.233 e. The average molecular weight is 410 g/mol. The Kier molecular flexibility index (Phi) is 5.58. The second kappa shape index (κ2) is 8.14. The molecule has 2 atom stereocenters. The van der Waals surface area contributed by atoms with Crippen LogP contribution in [0.5, 0.6) is 0 Å². The molecule has 0 radical (unpaired) electrons. The van der Waals surface area contributed by atoms with Crippen LogP contribution >= 0.6 is 11.8 Å². The normalized spacial score (nSPS) is 19.7. The first-order chi connectivity index (χ1) is 14.0. The molecule has 1 saturated heterocycles. The van der Waals surface area contributed by atoms with Crippen LogP contribution in [0.2, 0.25) is 0 Å². The second-order valence-corrected chi connectivity index (χ2v) is 8.92. The van der Waals surface area contributed by atoms with Crippen molar-refractivity contribution >= 4 is 28.7 Å². The van der Waals surface area contributed by atoms with Crippen molar-refractivity contribution in [1.29, 1.82) is 0 Å². The molecule has 0 spiro atoms. The van der Waals surface area contributed by atoms with Crippen molar-refractivity contribution in [2.75, 3.05) is 5.75 Å². The van der Waals surface area contributed by atoms with Gasteiger partial charge in [0.15, 0.2) is 5.65 Å². The predicted octanol–water partition coefficient (Wildman–Crippen LogP) is 4.31. The zero-order valence-corrected chi connectivity index (χ0v) is 18.2. The zero-order valence-electron chi connectivity index (χ0n) is 17.4. The Balaban J connectivity index is 1.57. The molecule has 0 N–H and O–H groups in total. The Morgan fingerprint density at radius 1 is 1.14 bits per heavy atom. The number of hydrogen-bond donors (Lipinski definition) is 0. The largest absolute Gasteiger partial charge is 0.337 e. The molecule has 152 valence electrons. The predicted molar refractivity (Wildman–Crippen MR) is 116 cm³/mol. The third kappa shape index (κ3) is 3.88. The average Bonchev–Trinajstić information content (AvgIpc) is 3.13. The molecular formula is C22H27N5OS. The molecule has 0 aliphatic carbocycles. The van der Waals surface area contributed by atoms with E-state index in [9.17, 15) is 4.79 Å². The number of amides is 1. The van der Waals surface area contributed by atoms with Gasteiger partial charge in [0, 0.05) is 12.1 Å². The highest BCUT2D eigenvalue weighted by molar-refractivity contribution is 8.00. The minimum absolute atomic E-state index is 0.183. The van der Waals surface area contributed by atoms with Gasteiger partial charge in [-0.25, -0.2) is 14.6 Å². The van der Waals surface area contributed by atoms with Crippen LogP contribution in [0.15, 0.2) is 35.7 Å². The van der Waals surface area contributed by atoms with Gasteiger partial charge in [0.25, 0.3) is 0 Å². The van der Waals surface area contributed by atoms with E-state index in [0.717, 1.165) is 34.6 Å². The zero-order chi connectivity index (χ0) is 20.5. The maximum atomic E-state index is 12.9. The molecule has 1 amide bonds. The van der Waals surface area contributed by atoms with Gasteiger partial charge in [-0.05, 0) is 70.2 Å². The standard InChI is InChI=1S/C22H27N5OS/c1-14-8-9-18(10-15(14)2)27-21-19(11-25-27)22(24-13-23-21)29-12-20(28)26-16(3)6-5-7-17(26)4/h8-11,13,16-17H,5-7,12H2,1-4H3. The smallest absolute Gasteiger partial charge is 0.233 e. The van der Waals surface area contributed by atoms with Gasteiger partial charge in [-0.1, -0.05) is 17.8 Å². The number of hydrogen-bond acceptors (Lipinski definition) is 5. The van der Waals surface area contributed by atoms with Crippen molar-refractivity contribution in [2.24, 2.45) is 0 Å². The van der Waals surface area contributed by atoms with Gasteiger partial charge in [0.05, 0.1) is 23.0 Å². The van der Waals surface area contributed by atoms with Crippen molar-refractivity contribution in [1.82, 2.24) is 24.6 Å². The summed E-state index contributed by atoms with van der Waals surface area (Å²) >= 11 is 1.47. The van der Waals surface area contributed by atoms with Gasteiger partial charge in [-0.3, -0.25) is 4.79 Å². The van der Waals surface area contributed by atoms with Crippen LogP contribution in [0.1, 0.15) is 44.2 Å². The summed E-state index contributed by atoms with van der Waals surface area (Å²) in [7, 11) is 0. The summed E-state index contributed by atoms with van der Waals surface area (Å²) in [5.41, 5.74) is 4.20. The molecule has 1 fully saturated rings. The van der Waals surface area contributed by atoms with E-state index in [1.54, 1.807) is 12.5 Å². The fourth-order valence-corrected chi connectivity index (χ4v) is 4.93. The number of nitrogens with zero attached hydrogens (tertiary/aromatic N) is 5. The summed E-state index contributed by atoms with van der Waals surface area (Å²) in [6.07, 6.45) is 6.72. The molecule has 0 bridgehead atoms. The van der Waals surface area contributed by atoms with Gasteiger partial charge in [-0.15, -0.1) is 0 Å². The first-order valence-corrected chi connectivity index (χ1v) is 11.1. The summed E-state index contributed by atoms with van der Waals surface area (Å²) < 4.78 is 1.84. The van der Waals surface area contributed by atoms with Crippen molar-refractivity contribution in [3.05, 3.63) is 41.9 Å². The minimum atomic E-state index is 0.183. The van der Waals surface area contributed by atoms with E-state index in [1.165, 1.54) is 29.3 Å². The summed E-state index contributed by atoms with van der Waals surface area (Å²) in [6, 6.07) is 6.87. The van der Waals surface area contributed by atoms with Gasteiger partial charge in [-0.2, -0.15) is 5.10 Å². The maximum absolute atomic E-state index is 12.9. The number of fused-ring (bicyclic) bond motifs is 1. The van der Waals surface area contributed by atoms with Gasteiger partial charge < -0.3 is 4.90 Å². The number of benzene rings is 1. The molecule has 1 aromatic carbocycles. The Labute approximate surface area is 175 Å². The molecule has 2 aromatic heterocycles. The lowest BCUT2D eigenvalue weighted by molar-refractivity contribution is -0.134. The highest BCUT2D eigenvalue weighted by Gasteiger charge is 2.29. The number of carbonyl (C=O) groups excluding carboxylic acids is 1. The number of carbonyl (C=O) groups is 1. The minimum Gasteiger partial charge on any atom is -0.337 e. The fraction of sp³-hybridized carbons (Fsp3) is 0.455. The molecule has 7 heteroatoms. The van der Waals surface area contributed by atoms with Crippen LogP contribution < -0.4 is 0 Å². The van der Waals surface area contributed by atoms with E-state index in [2.05, 4.69) is 54.9 Å². The van der Waals surface area contributed by atoms with Crippen molar-refractivity contribution in [3.8, 4) is 5.69 Å². The first-order valence-electron chi connectivity index (χ1n) is 10.2. The second-order valence-electron chi connectivity index (χ2n) is 7.96. The molecule has 3 aromatic rings. The van der Waals surface area contributed by atoms with Crippen molar-refractivity contribution in [2.45, 2.75) is 64.1 Å². The van der Waals surface area contributed by atoms with Crippen molar-refractivity contribution < 1.29 is 4.79 Å². The molecule has 29 heavy (non-hydrogen) atoms. The van der Waals surface area contributed by atoms with Crippen LogP contribution in [0.3, 0.4) is 0 Å². The number of piperidine rings is 1. The molecule has 0 saturated carbocycles. The fourth-order valence-electron chi connectivity index (χ4n) is 4.10. The summed E-state index contributed by atoms with van der Waals surface area (Å²) in [6.45, 7) is 8.48. The van der Waals surface area contributed by atoms with Crippen molar-refractivity contribution in [3.63, 3.8) is 0 Å². The summed E-state index contributed by atoms with van der Waals surface area (Å²) in [4.78, 5) is 23.8. The molecule has 1 aliphatic rings. The molecular weight excluding hydrogens is 382 g/mol. The van der Waals surface area contributed by atoms with E-state index < -0.39 is 0 Å². The first kappa shape index (κ1) is 19.9. The third-order valence-electron chi connectivity index (χ3n) is 5.88. The lowest BCUT2D eigenvalue weighted by Crippen LogP contribution is -2.48. The number of aromatic nitrogens is 4. The quantitative estimate of drug-likeness (QED) is 0.474. The lowest BCUT2D eigenvalue weighted by atomic mass is 9.98. The van der Waals surface area contributed by atoms with Crippen LogP contribution in [-0.2, 0) is 4.79 Å². The number of thioether (sulfide) groups is 1. The van der Waals surface area contributed by atoms with E-state index >= 15 is 0 Å². The summed E-state index contributed by atoms with van der Waals surface area (Å²) in [5, 5.41) is 6.22. The molecule has 6 nitrogen and oxygen atoms in total. The van der Waals surface area contributed by atoms with E-state index in [1.807, 2.05) is 15.6 Å². The Hall–Kier alpha value is -2.41. The van der Waals surface area contributed by atoms with E-state index in [4.69, 9.17) is 0 Å². The Bertz CT molecular complexity index is 1040. The van der Waals surface area contributed by atoms with Gasteiger partial charge in [0.1, 0.15) is 11.4 Å². The Morgan fingerprint density at radius 3 is 2.62 bits per heavy atom. The molecule has 4 rings (SSSR count). The molecule has 2 unspecified atom stereocenters. The topological polar surface area (TPSA) is 63.9 Å². The molecule has 3 heterocycles. The highest BCUT2D eigenvalue weighted by Crippen LogP contribution is 2.28. The SMILES string of the molecule is Cc1ccc(-n2ncc3c(SCC(=O)N4C(C)CCCC4C)ncnc32)cc1C. The van der Waals surface area contributed by atoms with Gasteiger partial charge in [0.2, 0.25) is 5.91 Å².